The van der Waals surface area contributed by atoms with Crippen molar-refractivity contribution in [3.63, 3.8) is 0 Å². The van der Waals surface area contributed by atoms with Gasteiger partial charge in [0, 0.05) is 12.1 Å². The van der Waals surface area contributed by atoms with Crippen molar-refractivity contribution in [3.8, 4) is 0 Å². The van der Waals surface area contributed by atoms with Gasteiger partial charge in [-0.05, 0) is 38.0 Å². The Balaban J connectivity index is 1.43. The van der Waals surface area contributed by atoms with Crippen molar-refractivity contribution in [1.29, 1.82) is 0 Å². The third kappa shape index (κ3) is 2.32. The lowest BCUT2D eigenvalue weighted by Crippen LogP contribution is -2.30. The van der Waals surface area contributed by atoms with Gasteiger partial charge in [-0.15, -0.1) is 0 Å². The molecule has 0 aromatic carbocycles. The highest BCUT2D eigenvalue weighted by Gasteiger charge is 2.38. The Morgan fingerprint density at radius 1 is 1.25 bits per heavy atom. The van der Waals surface area contributed by atoms with Crippen LogP contribution >= 0.6 is 0 Å². The van der Waals surface area contributed by atoms with Crippen LogP contribution in [0.25, 0.3) is 0 Å². The van der Waals surface area contributed by atoms with E-state index in [1.165, 1.54) is 25.7 Å². The largest absolute Gasteiger partial charge is 0.346 e. The van der Waals surface area contributed by atoms with Crippen LogP contribution in [0.4, 0.5) is 0 Å². The van der Waals surface area contributed by atoms with Crippen LogP contribution in [0.15, 0.2) is 4.52 Å². The molecule has 6 nitrogen and oxygen atoms in total. The molecule has 108 valence electrons. The quantitative estimate of drug-likeness (QED) is 0.875. The van der Waals surface area contributed by atoms with E-state index in [-0.39, 0.29) is 17.8 Å². The maximum absolute atomic E-state index is 11.9. The van der Waals surface area contributed by atoms with Gasteiger partial charge in [0.15, 0.2) is 0 Å². The first kappa shape index (κ1) is 12.3. The van der Waals surface area contributed by atoms with Gasteiger partial charge >= 0.3 is 0 Å². The van der Waals surface area contributed by atoms with Gasteiger partial charge in [0.2, 0.25) is 5.89 Å². The first-order valence-corrected chi connectivity index (χ1v) is 7.70. The zero-order chi connectivity index (χ0) is 13.5. The van der Waals surface area contributed by atoms with Crippen LogP contribution in [-0.2, 0) is 0 Å². The van der Waals surface area contributed by atoms with E-state index in [0.29, 0.717) is 18.0 Å². The van der Waals surface area contributed by atoms with E-state index < -0.39 is 0 Å². The van der Waals surface area contributed by atoms with Crippen LogP contribution < -0.4 is 10.6 Å². The van der Waals surface area contributed by atoms with Crippen LogP contribution in [0.3, 0.4) is 0 Å². The number of nitrogens with one attached hydrogen (secondary N) is 2. The lowest BCUT2D eigenvalue weighted by Gasteiger charge is -2.24. The van der Waals surface area contributed by atoms with E-state index in [4.69, 9.17) is 4.52 Å². The molecule has 1 aromatic heterocycles. The van der Waals surface area contributed by atoms with E-state index in [0.717, 1.165) is 25.2 Å². The molecule has 3 unspecified atom stereocenters. The summed E-state index contributed by atoms with van der Waals surface area (Å²) in [6, 6.07) is 1.03. The molecule has 1 aromatic rings. The summed E-state index contributed by atoms with van der Waals surface area (Å²) >= 11 is 0. The molecule has 6 heteroatoms. The summed E-state index contributed by atoms with van der Waals surface area (Å²) in [5.74, 6) is 1.26. The second-order valence-electron chi connectivity index (χ2n) is 6.31. The van der Waals surface area contributed by atoms with E-state index in [1.807, 2.05) is 0 Å². The van der Waals surface area contributed by atoms with Crippen molar-refractivity contribution in [3.05, 3.63) is 11.7 Å². The molecule has 20 heavy (non-hydrogen) atoms. The molecule has 4 rings (SSSR count). The Morgan fingerprint density at radius 3 is 2.90 bits per heavy atom. The SMILES string of the molecule is O=C(NC1CC1)c1noc(C2CC3CCCCC3N2)n1. The number of fused-ring (bicyclic) bond motifs is 1. The molecule has 3 atom stereocenters. The second-order valence-corrected chi connectivity index (χ2v) is 6.31. The fraction of sp³-hybridized carbons (Fsp3) is 0.786. The number of nitrogens with zero attached hydrogens (tertiary/aromatic N) is 2. The molecule has 2 heterocycles. The van der Waals surface area contributed by atoms with Crippen molar-refractivity contribution >= 4 is 5.91 Å². The van der Waals surface area contributed by atoms with Gasteiger partial charge in [0.1, 0.15) is 0 Å². The normalized spacial score (nSPS) is 32.9. The maximum Gasteiger partial charge on any atom is 0.292 e. The van der Waals surface area contributed by atoms with Crippen molar-refractivity contribution in [2.45, 2.75) is 63.1 Å². The first-order chi connectivity index (χ1) is 9.79. The van der Waals surface area contributed by atoms with Gasteiger partial charge in [-0.2, -0.15) is 4.98 Å². The van der Waals surface area contributed by atoms with Crippen molar-refractivity contribution in [1.82, 2.24) is 20.8 Å². The molecule has 0 spiro atoms. The van der Waals surface area contributed by atoms with Gasteiger partial charge in [0.05, 0.1) is 6.04 Å². The fourth-order valence-corrected chi connectivity index (χ4v) is 3.46. The Bertz CT molecular complexity index is 497. The number of hydrogen-bond acceptors (Lipinski definition) is 5. The number of aromatic nitrogens is 2. The van der Waals surface area contributed by atoms with E-state index in [1.54, 1.807) is 0 Å². The van der Waals surface area contributed by atoms with Gasteiger partial charge in [-0.25, -0.2) is 0 Å². The molecule has 2 N–H and O–H groups in total. The summed E-state index contributed by atoms with van der Waals surface area (Å²) in [7, 11) is 0. The number of amides is 1. The average molecular weight is 276 g/mol. The van der Waals surface area contributed by atoms with Crippen LogP contribution in [0.2, 0.25) is 0 Å². The Kier molecular flexibility index (Phi) is 2.98. The summed E-state index contributed by atoms with van der Waals surface area (Å²) in [5.41, 5.74) is 0. The molecule has 2 aliphatic carbocycles. The molecule has 2 saturated carbocycles. The minimum Gasteiger partial charge on any atom is -0.346 e. The highest BCUT2D eigenvalue weighted by Crippen LogP contribution is 2.38. The first-order valence-electron chi connectivity index (χ1n) is 7.70. The molecular weight excluding hydrogens is 256 g/mol. The highest BCUT2D eigenvalue weighted by molar-refractivity contribution is 5.90. The smallest absolute Gasteiger partial charge is 0.292 e. The molecule has 3 aliphatic rings. The van der Waals surface area contributed by atoms with E-state index in [9.17, 15) is 4.79 Å². The fourth-order valence-electron chi connectivity index (χ4n) is 3.46. The van der Waals surface area contributed by atoms with Gasteiger partial charge < -0.3 is 15.2 Å². The maximum atomic E-state index is 11.9. The minimum absolute atomic E-state index is 0.123. The van der Waals surface area contributed by atoms with E-state index in [2.05, 4.69) is 20.8 Å². The number of rotatable bonds is 3. The summed E-state index contributed by atoms with van der Waals surface area (Å²) in [4.78, 5) is 16.1. The summed E-state index contributed by atoms with van der Waals surface area (Å²) in [6.07, 6.45) is 8.33. The average Bonchev–Trinajstić information content (AvgIpc) is 3.00. The summed E-state index contributed by atoms with van der Waals surface area (Å²) < 4.78 is 5.29. The molecule has 1 saturated heterocycles. The molecule has 3 fully saturated rings. The molecule has 0 bridgehead atoms. The lowest BCUT2D eigenvalue weighted by molar-refractivity contribution is 0.0937. The third-order valence-corrected chi connectivity index (χ3v) is 4.72. The number of carbonyl (C=O) groups excluding carboxylic acids is 1. The van der Waals surface area contributed by atoms with Crippen molar-refractivity contribution in [2.75, 3.05) is 0 Å². The summed E-state index contributed by atoms with van der Waals surface area (Å²) in [5, 5.41) is 10.3. The van der Waals surface area contributed by atoms with Gasteiger partial charge in [-0.1, -0.05) is 18.0 Å². The predicted octanol–water partition coefficient (Wildman–Crippen LogP) is 1.55. The Labute approximate surface area is 117 Å². The summed E-state index contributed by atoms with van der Waals surface area (Å²) in [6.45, 7) is 0. The molecular formula is C14H20N4O2. The van der Waals surface area contributed by atoms with Crippen LogP contribution in [0, 0.1) is 5.92 Å². The molecule has 0 radical (unpaired) electrons. The van der Waals surface area contributed by atoms with Crippen LogP contribution in [0.1, 0.15) is 67.5 Å². The highest BCUT2D eigenvalue weighted by atomic mass is 16.5. The van der Waals surface area contributed by atoms with E-state index >= 15 is 0 Å². The number of hydrogen-bond donors (Lipinski definition) is 2. The number of carbonyl (C=O) groups is 1. The Hall–Kier alpha value is -1.43. The molecule has 1 aliphatic heterocycles. The second kappa shape index (κ2) is 4.84. The van der Waals surface area contributed by atoms with Gasteiger partial charge in [0.25, 0.3) is 11.7 Å². The zero-order valence-corrected chi connectivity index (χ0v) is 11.5. The third-order valence-electron chi connectivity index (χ3n) is 4.72. The van der Waals surface area contributed by atoms with Crippen molar-refractivity contribution in [2.24, 2.45) is 5.92 Å². The monoisotopic (exact) mass is 276 g/mol. The standard InChI is InChI=1S/C14H20N4O2/c19-13(15-9-5-6-9)12-17-14(20-18-12)11-7-8-3-1-2-4-10(8)16-11/h8-11,16H,1-7H2,(H,15,19). The topological polar surface area (TPSA) is 80.0 Å². The zero-order valence-electron chi connectivity index (χ0n) is 11.5. The molecule has 1 amide bonds. The van der Waals surface area contributed by atoms with Crippen molar-refractivity contribution < 1.29 is 9.32 Å². The van der Waals surface area contributed by atoms with Crippen LogP contribution in [0.5, 0.6) is 0 Å². The lowest BCUT2D eigenvalue weighted by atomic mass is 9.85. The predicted molar refractivity (Wildman–Crippen MR) is 71.0 cm³/mol. The Morgan fingerprint density at radius 2 is 2.10 bits per heavy atom. The van der Waals surface area contributed by atoms with Crippen LogP contribution in [-0.4, -0.2) is 28.1 Å². The van der Waals surface area contributed by atoms with Gasteiger partial charge in [-0.3, -0.25) is 4.79 Å². The minimum atomic E-state index is -0.210.